The Morgan fingerprint density at radius 1 is 1.07 bits per heavy atom. The Balaban J connectivity index is 1.55. The summed E-state index contributed by atoms with van der Waals surface area (Å²) in [7, 11) is 1.65. The summed E-state index contributed by atoms with van der Waals surface area (Å²) in [6, 6.07) is 18.0. The molecule has 1 aromatic heterocycles. The summed E-state index contributed by atoms with van der Waals surface area (Å²) in [6.45, 7) is 0. The van der Waals surface area contributed by atoms with Gasteiger partial charge in [0.25, 0.3) is 0 Å². The van der Waals surface area contributed by atoms with Crippen LogP contribution in [0.2, 0.25) is 0 Å². The number of nitrogens with one attached hydrogen (secondary N) is 1. The molecule has 1 saturated carbocycles. The van der Waals surface area contributed by atoms with Crippen LogP contribution in [-0.4, -0.2) is 39.6 Å². The number of hydrogen-bond donors (Lipinski definition) is 1. The van der Waals surface area contributed by atoms with E-state index >= 15 is 0 Å². The van der Waals surface area contributed by atoms with Crippen LogP contribution in [0.5, 0.6) is 5.75 Å². The molecule has 4 rings (SSSR count). The highest BCUT2D eigenvalue weighted by Gasteiger charge is 2.19. The van der Waals surface area contributed by atoms with Crippen molar-refractivity contribution in [2.75, 3.05) is 12.9 Å². The highest BCUT2D eigenvalue weighted by atomic mass is 32.2. The summed E-state index contributed by atoms with van der Waals surface area (Å²) in [5, 5.41) is 12.7. The zero-order chi connectivity index (χ0) is 20.8. The van der Waals surface area contributed by atoms with Gasteiger partial charge in [0.1, 0.15) is 5.75 Å². The van der Waals surface area contributed by atoms with E-state index in [9.17, 15) is 4.79 Å². The maximum absolute atomic E-state index is 12.5. The van der Waals surface area contributed by atoms with Crippen molar-refractivity contribution in [2.45, 2.75) is 43.3 Å². The fourth-order valence-corrected chi connectivity index (χ4v) is 4.51. The lowest BCUT2D eigenvalue weighted by Gasteiger charge is -2.22. The minimum atomic E-state index is 0.0560. The van der Waals surface area contributed by atoms with Gasteiger partial charge in [0, 0.05) is 17.3 Å². The average molecular weight is 423 g/mol. The molecule has 6 nitrogen and oxygen atoms in total. The van der Waals surface area contributed by atoms with E-state index in [2.05, 4.69) is 15.5 Å². The molecule has 0 saturated heterocycles. The number of carbonyl (C=O) groups excluding carboxylic acids is 1. The van der Waals surface area contributed by atoms with Crippen LogP contribution in [0.25, 0.3) is 17.1 Å². The van der Waals surface area contributed by atoms with E-state index < -0.39 is 0 Å². The molecule has 0 bridgehead atoms. The Morgan fingerprint density at radius 3 is 2.50 bits per heavy atom. The summed E-state index contributed by atoms with van der Waals surface area (Å²) >= 11 is 1.41. The van der Waals surface area contributed by atoms with Gasteiger partial charge in [-0.3, -0.25) is 9.36 Å². The van der Waals surface area contributed by atoms with E-state index in [1.807, 2.05) is 59.2 Å². The highest BCUT2D eigenvalue weighted by Crippen LogP contribution is 2.29. The molecule has 1 aliphatic carbocycles. The van der Waals surface area contributed by atoms with Gasteiger partial charge in [-0.05, 0) is 49.2 Å². The lowest BCUT2D eigenvalue weighted by Crippen LogP contribution is -2.37. The topological polar surface area (TPSA) is 69.0 Å². The van der Waals surface area contributed by atoms with Gasteiger partial charge < -0.3 is 10.1 Å². The summed E-state index contributed by atoms with van der Waals surface area (Å²) in [5.41, 5.74) is 1.90. The summed E-state index contributed by atoms with van der Waals surface area (Å²) in [4.78, 5) is 12.5. The largest absolute Gasteiger partial charge is 0.497 e. The smallest absolute Gasteiger partial charge is 0.230 e. The second-order valence-electron chi connectivity index (χ2n) is 7.40. The lowest BCUT2D eigenvalue weighted by atomic mass is 9.95. The Kier molecular flexibility index (Phi) is 6.69. The van der Waals surface area contributed by atoms with Crippen molar-refractivity contribution < 1.29 is 9.53 Å². The molecule has 1 N–H and O–H groups in total. The van der Waals surface area contributed by atoms with E-state index in [0.29, 0.717) is 17.0 Å². The fraction of sp³-hybridized carbons (Fsp3) is 0.348. The number of aromatic nitrogens is 3. The first kappa shape index (κ1) is 20.5. The van der Waals surface area contributed by atoms with Crippen LogP contribution in [0.15, 0.2) is 59.8 Å². The molecule has 1 amide bonds. The van der Waals surface area contributed by atoms with Crippen molar-refractivity contribution in [3.05, 3.63) is 54.6 Å². The minimum Gasteiger partial charge on any atom is -0.497 e. The highest BCUT2D eigenvalue weighted by molar-refractivity contribution is 7.99. The van der Waals surface area contributed by atoms with Crippen LogP contribution < -0.4 is 10.1 Å². The van der Waals surface area contributed by atoms with Crippen LogP contribution in [0, 0.1) is 0 Å². The van der Waals surface area contributed by atoms with E-state index in [0.717, 1.165) is 35.7 Å². The van der Waals surface area contributed by atoms with E-state index in [1.165, 1.54) is 31.0 Å². The monoisotopic (exact) mass is 422 g/mol. The molecule has 1 fully saturated rings. The number of benzene rings is 2. The molecule has 2 aromatic carbocycles. The lowest BCUT2D eigenvalue weighted by molar-refractivity contribution is -0.119. The summed E-state index contributed by atoms with van der Waals surface area (Å²) < 4.78 is 7.26. The number of ether oxygens (including phenoxy) is 1. The quantitative estimate of drug-likeness (QED) is 0.569. The Bertz CT molecular complexity index is 967. The maximum Gasteiger partial charge on any atom is 0.230 e. The third-order valence-electron chi connectivity index (χ3n) is 5.30. The number of rotatable bonds is 7. The number of thioether (sulfide) groups is 1. The van der Waals surface area contributed by atoms with Gasteiger partial charge in [-0.15, -0.1) is 10.2 Å². The molecule has 1 aliphatic rings. The summed E-state index contributed by atoms with van der Waals surface area (Å²) in [5.74, 6) is 1.91. The first-order valence-corrected chi connectivity index (χ1v) is 11.3. The molecule has 30 heavy (non-hydrogen) atoms. The van der Waals surface area contributed by atoms with E-state index in [1.54, 1.807) is 7.11 Å². The predicted octanol–water partition coefficient (Wildman–Crippen LogP) is 4.48. The third kappa shape index (κ3) is 4.84. The second kappa shape index (κ2) is 9.80. The SMILES string of the molecule is COc1ccc(-c2nnc(SCC(=O)NC3CCCCC3)n2-c2ccccc2)cc1. The predicted molar refractivity (Wildman–Crippen MR) is 119 cm³/mol. The number of methoxy groups -OCH3 is 1. The minimum absolute atomic E-state index is 0.0560. The van der Waals surface area contributed by atoms with Crippen LogP contribution in [0.1, 0.15) is 32.1 Å². The molecular formula is C23H26N4O2S. The van der Waals surface area contributed by atoms with Crippen molar-refractivity contribution in [2.24, 2.45) is 0 Å². The average Bonchev–Trinajstić information content (AvgIpc) is 3.23. The number of amides is 1. The first-order chi connectivity index (χ1) is 14.7. The van der Waals surface area contributed by atoms with Gasteiger partial charge in [-0.25, -0.2) is 0 Å². The second-order valence-corrected chi connectivity index (χ2v) is 8.34. The number of nitrogens with zero attached hydrogens (tertiary/aromatic N) is 3. The number of para-hydroxylation sites is 1. The van der Waals surface area contributed by atoms with E-state index in [-0.39, 0.29) is 5.91 Å². The molecule has 0 atom stereocenters. The molecule has 0 spiro atoms. The zero-order valence-corrected chi connectivity index (χ0v) is 17.9. The van der Waals surface area contributed by atoms with Crippen LogP contribution in [-0.2, 0) is 4.79 Å². The molecule has 0 radical (unpaired) electrons. The van der Waals surface area contributed by atoms with Gasteiger partial charge in [0.2, 0.25) is 5.91 Å². The molecule has 7 heteroatoms. The van der Waals surface area contributed by atoms with Crippen LogP contribution in [0.4, 0.5) is 0 Å². The fourth-order valence-electron chi connectivity index (χ4n) is 3.75. The molecule has 1 heterocycles. The summed E-state index contributed by atoms with van der Waals surface area (Å²) in [6.07, 6.45) is 5.84. The normalized spacial score (nSPS) is 14.4. The Labute approximate surface area is 181 Å². The number of carbonyl (C=O) groups is 1. The van der Waals surface area contributed by atoms with Crippen molar-refractivity contribution >= 4 is 17.7 Å². The molecule has 3 aromatic rings. The van der Waals surface area contributed by atoms with Gasteiger partial charge in [-0.2, -0.15) is 0 Å². The van der Waals surface area contributed by atoms with Gasteiger partial charge in [-0.1, -0.05) is 49.2 Å². The van der Waals surface area contributed by atoms with Gasteiger partial charge in [0.05, 0.1) is 12.9 Å². The van der Waals surface area contributed by atoms with Gasteiger partial charge >= 0.3 is 0 Å². The van der Waals surface area contributed by atoms with Crippen LogP contribution >= 0.6 is 11.8 Å². The van der Waals surface area contributed by atoms with Crippen LogP contribution in [0.3, 0.4) is 0 Å². The third-order valence-corrected chi connectivity index (χ3v) is 6.23. The van der Waals surface area contributed by atoms with Crippen molar-refractivity contribution in [1.82, 2.24) is 20.1 Å². The molecule has 156 valence electrons. The Hall–Kier alpha value is -2.80. The molecule has 0 unspecified atom stereocenters. The number of hydrogen-bond acceptors (Lipinski definition) is 5. The van der Waals surface area contributed by atoms with Crippen molar-refractivity contribution in [3.8, 4) is 22.8 Å². The van der Waals surface area contributed by atoms with Gasteiger partial charge in [0.15, 0.2) is 11.0 Å². The molecular weight excluding hydrogens is 396 g/mol. The maximum atomic E-state index is 12.5. The Morgan fingerprint density at radius 2 is 1.80 bits per heavy atom. The van der Waals surface area contributed by atoms with Crippen molar-refractivity contribution in [1.29, 1.82) is 0 Å². The molecule has 0 aliphatic heterocycles. The first-order valence-electron chi connectivity index (χ1n) is 10.3. The standard InChI is InChI=1S/C23H26N4O2S/c1-29-20-14-12-17(13-15-20)22-25-26-23(27(22)19-10-6-3-7-11-19)30-16-21(28)24-18-8-4-2-5-9-18/h3,6-7,10-15,18H,2,4-5,8-9,16H2,1H3,(H,24,28). The van der Waals surface area contributed by atoms with E-state index in [4.69, 9.17) is 4.74 Å². The van der Waals surface area contributed by atoms with Crippen molar-refractivity contribution in [3.63, 3.8) is 0 Å². The zero-order valence-electron chi connectivity index (χ0n) is 17.1.